The van der Waals surface area contributed by atoms with Gasteiger partial charge in [-0.15, -0.1) is 0 Å². The number of pyridine rings is 2. The monoisotopic (exact) mass is 501 g/mol. The fraction of sp³-hybridized carbons (Fsp3) is 0.240. The van der Waals surface area contributed by atoms with Crippen LogP contribution in [0.15, 0.2) is 59.7 Å². The molecule has 1 atom stereocenters. The lowest BCUT2D eigenvalue weighted by molar-refractivity contribution is -0.383. The molecule has 0 aliphatic heterocycles. The predicted molar refractivity (Wildman–Crippen MR) is 135 cm³/mol. The molecule has 0 radical (unpaired) electrons. The summed E-state index contributed by atoms with van der Waals surface area (Å²) in [6.45, 7) is 6.84. The number of hydrogen-bond donors (Lipinski definition) is 1. The summed E-state index contributed by atoms with van der Waals surface area (Å²) in [6, 6.07) is 11.8. The second-order valence-electron chi connectivity index (χ2n) is 9.20. The molecule has 12 nitrogen and oxygen atoms in total. The smallest absolute Gasteiger partial charge is 0.423 e. The average molecular weight is 502 g/mol. The first-order valence-electron chi connectivity index (χ1n) is 11.2. The average Bonchev–Trinajstić information content (AvgIpc) is 3.13. The summed E-state index contributed by atoms with van der Waals surface area (Å²) in [5.74, 6) is 0.166. The Bertz CT molecular complexity index is 1610. The van der Waals surface area contributed by atoms with Gasteiger partial charge in [0.05, 0.1) is 22.6 Å². The van der Waals surface area contributed by atoms with E-state index in [4.69, 9.17) is 4.74 Å². The number of hydrogen-bond acceptors (Lipinski definition) is 9. The maximum atomic E-state index is 13.5. The highest BCUT2D eigenvalue weighted by Gasteiger charge is 2.27. The van der Waals surface area contributed by atoms with Crippen LogP contribution in [0.4, 0.5) is 22.0 Å². The summed E-state index contributed by atoms with van der Waals surface area (Å²) in [5.41, 5.74) is -0.456. The SMILES string of the molecule is CC(c1cccnc1)n1c(=O)n(C(=O)OC(C)(C)C)c2ccc(Nc3cc(C#N)ccc3[N+](=O)[O-])nc21. The van der Waals surface area contributed by atoms with E-state index in [1.807, 2.05) is 6.07 Å². The highest BCUT2D eigenvalue weighted by atomic mass is 16.6. The normalized spacial score (nSPS) is 12.1. The standard InChI is InChI=1S/C25H23N7O5/c1-15(17-6-5-11-27-14-17)30-22-20(31(23(30)33)24(34)37-25(2,3)4)9-10-21(29-22)28-18-12-16(13-26)7-8-19(18)32(35)36/h5-12,14-15H,1-4H3,(H,28,29). The van der Waals surface area contributed by atoms with E-state index in [1.165, 1.54) is 34.9 Å². The van der Waals surface area contributed by atoms with E-state index < -0.39 is 28.3 Å². The number of benzene rings is 1. The van der Waals surface area contributed by atoms with Gasteiger partial charge in [0.1, 0.15) is 22.6 Å². The molecule has 12 heteroatoms. The number of nitrogens with one attached hydrogen (secondary N) is 1. The summed E-state index contributed by atoms with van der Waals surface area (Å²) in [4.78, 5) is 46.1. The molecule has 0 fully saturated rings. The van der Waals surface area contributed by atoms with Crippen LogP contribution < -0.4 is 11.0 Å². The topological polar surface area (TPSA) is 158 Å². The molecule has 1 unspecified atom stereocenters. The Hall–Kier alpha value is -5.05. The number of fused-ring (bicyclic) bond motifs is 1. The highest BCUT2D eigenvalue weighted by Crippen LogP contribution is 2.29. The third-order valence-corrected chi connectivity index (χ3v) is 5.44. The molecule has 1 N–H and O–H groups in total. The van der Waals surface area contributed by atoms with E-state index in [-0.39, 0.29) is 33.9 Å². The second kappa shape index (κ2) is 9.54. The van der Waals surface area contributed by atoms with Crippen molar-refractivity contribution < 1.29 is 14.5 Å². The number of nitrogens with zero attached hydrogens (tertiary/aromatic N) is 6. The maximum absolute atomic E-state index is 13.5. The van der Waals surface area contributed by atoms with Crippen molar-refractivity contribution in [3.8, 4) is 6.07 Å². The summed E-state index contributed by atoms with van der Waals surface area (Å²) >= 11 is 0. The number of anilines is 2. The number of carbonyl (C=O) groups is 1. The van der Waals surface area contributed by atoms with E-state index in [2.05, 4.69) is 15.3 Å². The molecule has 3 aromatic heterocycles. The molecule has 4 aromatic rings. The summed E-state index contributed by atoms with van der Waals surface area (Å²) in [6.07, 6.45) is 2.34. The van der Waals surface area contributed by atoms with Crippen molar-refractivity contribution in [3.63, 3.8) is 0 Å². The number of nitriles is 1. The Morgan fingerprint density at radius 3 is 2.62 bits per heavy atom. The van der Waals surface area contributed by atoms with Crippen LogP contribution >= 0.6 is 0 Å². The molecule has 0 saturated heterocycles. The van der Waals surface area contributed by atoms with Crippen LogP contribution in [0.1, 0.15) is 44.9 Å². The molecule has 3 heterocycles. The Morgan fingerprint density at radius 1 is 1.24 bits per heavy atom. The lowest BCUT2D eigenvalue weighted by atomic mass is 10.1. The molecule has 188 valence electrons. The van der Waals surface area contributed by atoms with Crippen LogP contribution in [-0.2, 0) is 4.74 Å². The zero-order valence-corrected chi connectivity index (χ0v) is 20.5. The van der Waals surface area contributed by atoms with Crippen LogP contribution in [-0.4, -0.2) is 35.7 Å². The summed E-state index contributed by atoms with van der Waals surface area (Å²) in [5, 5.41) is 23.6. The van der Waals surface area contributed by atoms with Crippen molar-refractivity contribution in [3.05, 3.63) is 86.6 Å². The predicted octanol–water partition coefficient (Wildman–Crippen LogP) is 4.51. The van der Waals surface area contributed by atoms with E-state index in [1.54, 1.807) is 52.2 Å². The lowest BCUT2D eigenvalue weighted by Gasteiger charge is -2.19. The number of aromatic nitrogens is 4. The maximum Gasteiger partial charge on any atom is 0.423 e. The zero-order chi connectivity index (χ0) is 26.9. The lowest BCUT2D eigenvalue weighted by Crippen LogP contribution is -2.35. The second-order valence-corrected chi connectivity index (χ2v) is 9.20. The van der Waals surface area contributed by atoms with Crippen LogP contribution in [0.25, 0.3) is 11.2 Å². The van der Waals surface area contributed by atoms with E-state index in [0.29, 0.717) is 5.56 Å². The Balaban J connectivity index is 1.90. The van der Waals surface area contributed by atoms with E-state index in [0.717, 1.165) is 4.57 Å². The quantitative estimate of drug-likeness (QED) is 0.307. The van der Waals surface area contributed by atoms with Crippen LogP contribution in [0.5, 0.6) is 0 Å². The van der Waals surface area contributed by atoms with Crippen molar-refractivity contribution in [1.82, 2.24) is 19.1 Å². The van der Waals surface area contributed by atoms with Gasteiger partial charge >= 0.3 is 11.8 Å². The molecule has 0 amide bonds. The number of carbonyl (C=O) groups excluding carboxylic acids is 1. The minimum atomic E-state index is -0.862. The molecule has 4 rings (SSSR count). The minimum absolute atomic E-state index is 0.0525. The van der Waals surface area contributed by atoms with Crippen molar-refractivity contribution in [2.24, 2.45) is 0 Å². The third kappa shape index (κ3) is 5.01. The fourth-order valence-corrected chi connectivity index (χ4v) is 3.77. The van der Waals surface area contributed by atoms with Crippen LogP contribution in [0.2, 0.25) is 0 Å². The molecule has 0 bridgehead atoms. The highest BCUT2D eigenvalue weighted by molar-refractivity contribution is 5.86. The Kier molecular flexibility index (Phi) is 6.46. The Labute approximate surface area is 210 Å². The van der Waals surface area contributed by atoms with Gasteiger partial charge < -0.3 is 10.1 Å². The van der Waals surface area contributed by atoms with E-state index in [9.17, 15) is 25.0 Å². The zero-order valence-electron chi connectivity index (χ0n) is 20.5. The van der Waals surface area contributed by atoms with Crippen LogP contribution in [0, 0.1) is 21.4 Å². The molecule has 1 aromatic carbocycles. The van der Waals surface area contributed by atoms with Gasteiger partial charge in [-0.25, -0.2) is 14.6 Å². The number of nitro benzene ring substituents is 1. The van der Waals surface area contributed by atoms with Gasteiger partial charge in [-0.2, -0.15) is 9.83 Å². The van der Waals surface area contributed by atoms with Gasteiger partial charge in [0, 0.05) is 18.5 Å². The number of nitro groups is 1. The van der Waals surface area contributed by atoms with Crippen molar-refractivity contribution in [2.75, 3.05) is 5.32 Å². The number of rotatable bonds is 5. The Morgan fingerprint density at radius 2 is 2.00 bits per heavy atom. The minimum Gasteiger partial charge on any atom is -0.443 e. The molecule has 37 heavy (non-hydrogen) atoms. The number of imidazole rings is 1. The number of ether oxygens (including phenoxy) is 1. The summed E-state index contributed by atoms with van der Waals surface area (Å²) < 4.78 is 7.69. The molecule has 0 spiro atoms. The van der Waals surface area contributed by atoms with Crippen molar-refractivity contribution in [1.29, 1.82) is 5.26 Å². The molecular formula is C25H23N7O5. The molecule has 0 saturated carbocycles. The van der Waals surface area contributed by atoms with Crippen molar-refractivity contribution >= 4 is 34.4 Å². The van der Waals surface area contributed by atoms with Gasteiger partial charge in [0.25, 0.3) is 5.69 Å². The molecule has 0 aliphatic rings. The fourth-order valence-electron chi connectivity index (χ4n) is 3.77. The van der Waals surface area contributed by atoms with Gasteiger partial charge in [-0.1, -0.05) is 6.07 Å². The van der Waals surface area contributed by atoms with E-state index >= 15 is 0 Å². The first-order chi connectivity index (χ1) is 17.5. The molecular weight excluding hydrogens is 478 g/mol. The molecule has 0 aliphatic carbocycles. The van der Waals surface area contributed by atoms with Gasteiger partial charge in [0.15, 0.2) is 5.65 Å². The first-order valence-corrected chi connectivity index (χ1v) is 11.2. The van der Waals surface area contributed by atoms with Crippen molar-refractivity contribution in [2.45, 2.75) is 39.3 Å². The van der Waals surface area contributed by atoms with Gasteiger partial charge in [-0.3, -0.25) is 19.7 Å². The summed E-state index contributed by atoms with van der Waals surface area (Å²) in [7, 11) is 0. The van der Waals surface area contributed by atoms with Gasteiger partial charge in [0.2, 0.25) is 0 Å². The van der Waals surface area contributed by atoms with Crippen LogP contribution in [0.3, 0.4) is 0 Å². The third-order valence-electron chi connectivity index (χ3n) is 5.44. The van der Waals surface area contributed by atoms with Gasteiger partial charge in [-0.05, 0) is 63.6 Å². The first kappa shape index (κ1) is 25.1. The largest absolute Gasteiger partial charge is 0.443 e.